The van der Waals surface area contributed by atoms with Crippen LogP contribution in [0, 0.1) is 0 Å². The Hall–Kier alpha value is -1.89. The van der Waals surface area contributed by atoms with E-state index in [2.05, 4.69) is 10.4 Å². The van der Waals surface area contributed by atoms with Crippen molar-refractivity contribution in [3.8, 4) is 0 Å². The van der Waals surface area contributed by atoms with Crippen LogP contribution in [0.4, 0.5) is 0 Å². The van der Waals surface area contributed by atoms with Crippen molar-refractivity contribution < 1.29 is 14.7 Å². The summed E-state index contributed by atoms with van der Waals surface area (Å²) >= 11 is 0. The quantitative estimate of drug-likeness (QED) is 0.701. The van der Waals surface area contributed by atoms with Crippen LogP contribution in [-0.4, -0.2) is 57.8 Å². The Morgan fingerprint density at radius 3 is 2.65 bits per heavy atom. The van der Waals surface area contributed by atoms with E-state index in [4.69, 9.17) is 5.11 Å². The molecular formula is C10H14N4O3. The van der Waals surface area contributed by atoms with Gasteiger partial charge in [-0.25, -0.2) is 4.79 Å². The number of aromatic nitrogens is 2. The fourth-order valence-corrected chi connectivity index (χ4v) is 1.89. The Kier molecular flexibility index (Phi) is 3.10. The monoisotopic (exact) mass is 238 g/mol. The number of nitrogens with zero attached hydrogens (tertiary/aromatic N) is 3. The predicted molar refractivity (Wildman–Crippen MR) is 58.9 cm³/mol. The maximum Gasteiger partial charge on any atom is 0.354 e. The van der Waals surface area contributed by atoms with Gasteiger partial charge in [-0.2, -0.15) is 5.10 Å². The van der Waals surface area contributed by atoms with Crippen LogP contribution >= 0.6 is 0 Å². The number of aromatic carboxylic acids is 1. The first-order valence-electron chi connectivity index (χ1n) is 5.36. The van der Waals surface area contributed by atoms with Crippen LogP contribution in [0.2, 0.25) is 0 Å². The summed E-state index contributed by atoms with van der Waals surface area (Å²) in [5, 5.41) is 16.0. The minimum absolute atomic E-state index is 0.0615. The van der Waals surface area contributed by atoms with Crippen molar-refractivity contribution in [1.29, 1.82) is 0 Å². The Labute approximate surface area is 98.0 Å². The van der Waals surface area contributed by atoms with Crippen LogP contribution in [0.3, 0.4) is 0 Å². The van der Waals surface area contributed by atoms with E-state index in [-0.39, 0.29) is 17.2 Å². The van der Waals surface area contributed by atoms with Gasteiger partial charge in [-0.3, -0.25) is 9.48 Å². The van der Waals surface area contributed by atoms with Crippen molar-refractivity contribution >= 4 is 11.9 Å². The maximum absolute atomic E-state index is 12.1. The highest BCUT2D eigenvalue weighted by Gasteiger charge is 2.26. The summed E-state index contributed by atoms with van der Waals surface area (Å²) in [6.07, 6.45) is 1.31. The van der Waals surface area contributed by atoms with Crippen LogP contribution in [0.1, 0.15) is 20.8 Å². The van der Waals surface area contributed by atoms with E-state index < -0.39 is 5.97 Å². The van der Waals surface area contributed by atoms with Gasteiger partial charge >= 0.3 is 5.97 Å². The lowest BCUT2D eigenvalue weighted by molar-refractivity contribution is 0.0660. The lowest BCUT2D eigenvalue weighted by atomic mass is 10.2. The van der Waals surface area contributed by atoms with Crippen LogP contribution in [-0.2, 0) is 7.05 Å². The van der Waals surface area contributed by atoms with E-state index in [9.17, 15) is 9.59 Å². The Morgan fingerprint density at radius 2 is 2.06 bits per heavy atom. The van der Waals surface area contributed by atoms with Gasteiger partial charge in [-0.05, 0) is 0 Å². The molecule has 7 heteroatoms. The molecule has 1 amide bonds. The number of carbonyl (C=O) groups excluding carboxylic acids is 1. The number of piperazine rings is 1. The number of carboxylic acids is 1. The summed E-state index contributed by atoms with van der Waals surface area (Å²) < 4.78 is 1.21. The lowest BCUT2D eigenvalue weighted by Crippen LogP contribution is -2.46. The maximum atomic E-state index is 12.1. The molecule has 92 valence electrons. The molecule has 7 nitrogen and oxygen atoms in total. The van der Waals surface area contributed by atoms with E-state index in [1.807, 2.05) is 0 Å². The summed E-state index contributed by atoms with van der Waals surface area (Å²) in [6.45, 7) is 2.64. The molecule has 1 saturated heterocycles. The second kappa shape index (κ2) is 4.54. The van der Waals surface area contributed by atoms with Gasteiger partial charge in [0.25, 0.3) is 5.91 Å². The number of carboxylic acid groups (broad SMARTS) is 1. The van der Waals surface area contributed by atoms with Gasteiger partial charge < -0.3 is 15.3 Å². The third-order valence-corrected chi connectivity index (χ3v) is 2.78. The average Bonchev–Trinajstić information content (AvgIpc) is 2.71. The van der Waals surface area contributed by atoms with Crippen LogP contribution in [0.25, 0.3) is 0 Å². The van der Waals surface area contributed by atoms with Crippen molar-refractivity contribution in [2.45, 2.75) is 0 Å². The van der Waals surface area contributed by atoms with Crippen molar-refractivity contribution in [3.63, 3.8) is 0 Å². The summed E-state index contributed by atoms with van der Waals surface area (Å²) in [4.78, 5) is 24.8. The smallest absolute Gasteiger partial charge is 0.354 e. The summed E-state index contributed by atoms with van der Waals surface area (Å²) in [5.41, 5.74) is 0.0930. The highest BCUT2D eigenvalue weighted by Crippen LogP contribution is 2.11. The van der Waals surface area contributed by atoms with Crippen LogP contribution < -0.4 is 5.32 Å². The summed E-state index contributed by atoms with van der Waals surface area (Å²) in [7, 11) is 1.51. The zero-order valence-electron chi connectivity index (χ0n) is 9.51. The zero-order valence-corrected chi connectivity index (χ0v) is 9.51. The van der Waals surface area contributed by atoms with Crippen LogP contribution in [0.5, 0.6) is 0 Å². The molecule has 1 aromatic rings. The second-order valence-electron chi connectivity index (χ2n) is 3.88. The van der Waals surface area contributed by atoms with E-state index in [1.54, 1.807) is 4.90 Å². The van der Waals surface area contributed by atoms with Crippen molar-refractivity contribution in [2.24, 2.45) is 7.05 Å². The number of carbonyl (C=O) groups is 2. The molecule has 0 bridgehead atoms. The summed E-state index contributed by atoms with van der Waals surface area (Å²) in [5.74, 6) is -1.40. The van der Waals surface area contributed by atoms with Gasteiger partial charge in [-0.15, -0.1) is 0 Å². The third kappa shape index (κ3) is 2.14. The van der Waals surface area contributed by atoms with E-state index in [1.165, 1.54) is 17.9 Å². The molecule has 1 fully saturated rings. The van der Waals surface area contributed by atoms with Gasteiger partial charge in [0, 0.05) is 33.2 Å². The number of rotatable bonds is 2. The first-order chi connectivity index (χ1) is 8.11. The molecule has 2 N–H and O–H groups in total. The zero-order chi connectivity index (χ0) is 12.4. The van der Waals surface area contributed by atoms with E-state index in [0.29, 0.717) is 13.1 Å². The average molecular weight is 238 g/mol. The Bertz CT molecular complexity index is 448. The fraction of sp³-hybridized carbons (Fsp3) is 0.500. The van der Waals surface area contributed by atoms with E-state index in [0.717, 1.165) is 13.1 Å². The predicted octanol–water partition coefficient (Wildman–Crippen LogP) is -0.836. The van der Waals surface area contributed by atoms with Crippen molar-refractivity contribution in [1.82, 2.24) is 20.0 Å². The Balaban J connectivity index is 2.27. The number of aryl methyl sites for hydroxylation is 1. The molecule has 0 radical (unpaired) electrons. The minimum Gasteiger partial charge on any atom is -0.477 e. The highest BCUT2D eigenvalue weighted by molar-refractivity contribution is 6.03. The topological polar surface area (TPSA) is 87.5 Å². The molecule has 0 saturated carbocycles. The van der Waals surface area contributed by atoms with E-state index >= 15 is 0 Å². The first-order valence-corrected chi connectivity index (χ1v) is 5.36. The molecule has 0 aromatic carbocycles. The lowest BCUT2D eigenvalue weighted by Gasteiger charge is -2.27. The molecule has 1 aliphatic rings. The van der Waals surface area contributed by atoms with Crippen molar-refractivity contribution in [3.05, 3.63) is 17.5 Å². The van der Waals surface area contributed by atoms with Gasteiger partial charge in [0.2, 0.25) is 0 Å². The van der Waals surface area contributed by atoms with Gasteiger partial charge in [0.15, 0.2) is 5.69 Å². The molecule has 0 aliphatic carbocycles. The molecule has 1 aliphatic heterocycles. The molecule has 2 heterocycles. The molecule has 1 aromatic heterocycles. The number of hydrogen-bond donors (Lipinski definition) is 2. The fourth-order valence-electron chi connectivity index (χ4n) is 1.89. The third-order valence-electron chi connectivity index (χ3n) is 2.78. The number of hydrogen-bond acceptors (Lipinski definition) is 4. The van der Waals surface area contributed by atoms with Crippen molar-refractivity contribution in [2.75, 3.05) is 26.2 Å². The minimum atomic E-state index is -1.14. The largest absolute Gasteiger partial charge is 0.477 e. The van der Waals surface area contributed by atoms with Gasteiger partial charge in [-0.1, -0.05) is 0 Å². The second-order valence-corrected chi connectivity index (χ2v) is 3.88. The molecule has 0 atom stereocenters. The SMILES string of the molecule is Cn1ncc(C(=O)N2CCNCC2)c1C(=O)O. The molecular weight excluding hydrogens is 224 g/mol. The first kappa shape index (κ1) is 11.6. The summed E-state index contributed by atoms with van der Waals surface area (Å²) in [6, 6.07) is 0. The molecule has 0 unspecified atom stereocenters. The van der Waals surface area contributed by atoms with Gasteiger partial charge in [0.05, 0.1) is 11.8 Å². The van der Waals surface area contributed by atoms with Gasteiger partial charge in [0.1, 0.15) is 0 Å². The van der Waals surface area contributed by atoms with Crippen LogP contribution in [0.15, 0.2) is 6.20 Å². The highest BCUT2D eigenvalue weighted by atomic mass is 16.4. The number of nitrogens with one attached hydrogen (secondary N) is 1. The molecule has 17 heavy (non-hydrogen) atoms. The Morgan fingerprint density at radius 1 is 1.41 bits per heavy atom. The normalized spacial score (nSPS) is 15.9. The molecule has 0 spiro atoms. The number of amides is 1. The molecule has 2 rings (SSSR count). The standard InChI is InChI=1S/C10H14N4O3/c1-13-8(10(16)17)7(6-12-13)9(15)14-4-2-11-3-5-14/h6,11H,2-5H2,1H3,(H,16,17).